The molecule has 0 fully saturated rings. The summed E-state index contributed by atoms with van der Waals surface area (Å²) in [5, 5.41) is 21.0. The predicted octanol–water partition coefficient (Wildman–Crippen LogP) is 2.81. The zero-order valence-electron chi connectivity index (χ0n) is 14.8. The van der Waals surface area contributed by atoms with Gasteiger partial charge in [0.15, 0.2) is 0 Å². The lowest BCUT2D eigenvalue weighted by molar-refractivity contribution is 0.0603. The van der Waals surface area contributed by atoms with Gasteiger partial charge in [0.1, 0.15) is 0 Å². The molecule has 24 heavy (non-hydrogen) atoms. The Morgan fingerprint density at radius 2 is 1.79 bits per heavy atom. The summed E-state index contributed by atoms with van der Waals surface area (Å²) in [5.74, 6) is -0.419. The molecule has 136 valence electrons. The zero-order valence-corrected chi connectivity index (χ0v) is 15.6. The molecule has 0 spiro atoms. The summed E-state index contributed by atoms with van der Waals surface area (Å²) in [5.41, 5.74) is 0.0800. The Kier molecular flexibility index (Phi) is 7.16. The van der Waals surface area contributed by atoms with E-state index in [4.69, 9.17) is 4.18 Å². The molecule has 1 aromatic rings. The van der Waals surface area contributed by atoms with Crippen LogP contribution in [0.1, 0.15) is 45.3 Å². The van der Waals surface area contributed by atoms with Gasteiger partial charge in [-0.25, -0.2) is 0 Å². The first-order chi connectivity index (χ1) is 10.9. The molecule has 2 N–H and O–H groups in total. The molecule has 0 saturated heterocycles. The molecule has 0 heterocycles. The first kappa shape index (κ1) is 20.8. The van der Waals surface area contributed by atoms with Crippen LogP contribution in [0.25, 0.3) is 0 Å². The van der Waals surface area contributed by atoms with Crippen LogP contribution in [0.2, 0.25) is 0 Å². The van der Waals surface area contributed by atoms with Crippen LogP contribution in [0.3, 0.4) is 0 Å². The van der Waals surface area contributed by atoms with Crippen LogP contribution in [-0.2, 0) is 14.3 Å². The number of aliphatic hydroxyl groups excluding tert-OH is 1. The van der Waals surface area contributed by atoms with Crippen LogP contribution in [0.15, 0.2) is 42.5 Å². The second kappa shape index (κ2) is 8.25. The molecule has 0 amide bonds. The molecule has 1 rings (SSSR count). The number of rotatable bonds is 9. The highest BCUT2D eigenvalue weighted by molar-refractivity contribution is 7.86. The second-order valence-electron chi connectivity index (χ2n) is 6.73. The summed E-state index contributed by atoms with van der Waals surface area (Å²) in [6.07, 6.45) is 0.512. The Morgan fingerprint density at radius 3 is 2.25 bits per heavy atom. The summed E-state index contributed by atoms with van der Waals surface area (Å²) in [6, 6.07) is 9.14. The summed E-state index contributed by atoms with van der Waals surface area (Å²) >= 11 is 0. The molecule has 6 heteroatoms. The molecule has 0 unspecified atom stereocenters. The first-order valence-corrected chi connectivity index (χ1v) is 9.76. The van der Waals surface area contributed by atoms with E-state index < -0.39 is 33.8 Å². The minimum absolute atomic E-state index is 0.413. The van der Waals surface area contributed by atoms with Gasteiger partial charge < -0.3 is 10.2 Å². The van der Waals surface area contributed by atoms with Crippen molar-refractivity contribution in [2.24, 2.45) is 5.92 Å². The van der Waals surface area contributed by atoms with E-state index in [2.05, 4.69) is 6.58 Å². The van der Waals surface area contributed by atoms with Crippen LogP contribution in [-0.4, -0.2) is 36.6 Å². The quantitative estimate of drug-likeness (QED) is 0.525. The number of hydrogen-bond acceptors (Lipinski definition) is 5. The fourth-order valence-electron chi connectivity index (χ4n) is 2.62. The van der Waals surface area contributed by atoms with Crippen LogP contribution in [0, 0.1) is 5.92 Å². The molecule has 0 radical (unpaired) electrons. The van der Waals surface area contributed by atoms with Crippen molar-refractivity contribution < 1.29 is 22.8 Å². The molecule has 0 aliphatic carbocycles. The maximum atomic E-state index is 11.2. The minimum Gasteiger partial charge on any atom is -0.388 e. The lowest BCUT2D eigenvalue weighted by Gasteiger charge is -2.32. The van der Waals surface area contributed by atoms with Gasteiger partial charge >= 0.3 is 0 Å². The number of benzene rings is 1. The second-order valence-corrected chi connectivity index (χ2v) is 8.34. The molecule has 0 bridgehead atoms. The average Bonchev–Trinajstić information content (AvgIpc) is 2.45. The fraction of sp³-hybridized carbons (Fsp3) is 0.556. The third-order valence-electron chi connectivity index (χ3n) is 3.98. The monoisotopic (exact) mass is 356 g/mol. The third-order valence-corrected chi connectivity index (χ3v) is 4.66. The van der Waals surface area contributed by atoms with E-state index in [1.54, 1.807) is 20.8 Å². The lowest BCUT2D eigenvalue weighted by Crippen LogP contribution is -2.30. The Balaban J connectivity index is 2.92. The van der Waals surface area contributed by atoms with Crippen molar-refractivity contribution >= 4 is 10.1 Å². The van der Waals surface area contributed by atoms with Crippen LogP contribution < -0.4 is 0 Å². The fourth-order valence-corrected chi connectivity index (χ4v) is 3.31. The van der Waals surface area contributed by atoms with Gasteiger partial charge in [-0.1, -0.05) is 36.9 Å². The van der Waals surface area contributed by atoms with Crippen molar-refractivity contribution in [1.82, 2.24) is 0 Å². The van der Waals surface area contributed by atoms with Gasteiger partial charge in [0.2, 0.25) is 0 Å². The smallest absolute Gasteiger partial charge is 0.264 e. The molecule has 0 saturated carbocycles. The van der Waals surface area contributed by atoms with E-state index in [0.29, 0.717) is 18.4 Å². The van der Waals surface area contributed by atoms with E-state index in [-0.39, 0.29) is 0 Å². The normalized spacial score (nSPS) is 16.4. The summed E-state index contributed by atoms with van der Waals surface area (Å²) in [4.78, 5) is 0. The van der Waals surface area contributed by atoms with Gasteiger partial charge in [-0.05, 0) is 44.7 Å². The van der Waals surface area contributed by atoms with E-state index in [0.717, 1.165) is 11.8 Å². The van der Waals surface area contributed by atoms with Crippen LogP contribution >= 0.6 is 0 Å². The highest BCUT2D eigenvalue weighted by Crippen LogP contribution is 2.36. The van der Waals surface area contributed by atoms with E-state index in [9.17, 15) is 18.6 Å². The maximum absolute atomic E-state index is 11.2. The van der Waals surface area contributed by atoms with E-state index in [1.165, 1.54) is 0 Å². The van der Waals surface area contributed by atoms with Gasteiger partial charge in [-0.3, -0.25) is 4.18 Å². The van der Waals surface area contributed by atoms with Crippen molar-refractivity contribution in [3.8, 4) is 0 Å². The van der Waals surface area contributed by atoms with Crippen LogP contribution in [0.4, 0.5) is 0 Å². The molecule has 0 aliphatic heterocycles. The standard InChI is InChI=1S/C18H28O5S/c1-13(23-24(5,21)22)11-12-16(14(2)18(3,4)20)17(19)15-9-7-6-8-10-15/h6-10,13,16-17,19-20H,2,11-12H2,1,3-5H3/t13-,16+,17-/m0/s1. The lowest BCUT2D eigenvalue weighted by atomic mass is 9.79. The van der Waals surface area contributed by atoms with Crippen molar-refractivity contribution in [2.45, 2.75) is 51.4 Å². The highest BCUT2D eigenvalue weighted by atomic mass is 32.2. The highest BCUT2D eigenvalue weighted by Gasteiger charge is 2.31. The minimum atomic E-state index is -3.53. The molecule has 0 aromatic heterocycles. The van der Waals surface area contributed by atoms with E-state index in [1.807, 2.05) is 30.3 Å². The van der Waals surface area contributed by atoms with Gasteiger partial charge in [-0.15, -0.1) is 0 Å². The zero-order chi connectivity index (χ0) is 18.5. The number of aliphatic hydroxyl groups is 2. The average molecular weight is 356 g/mol. The molecular weight excluding hydrogens is 328 g/mol. The number of hydrogen-bond donors (Lipinski definition) is 2. The van der Waals surface area contributed by atoms with Crippen molar-refractivity contribution in [3.05, 3.63) is 48.0 Å². The van der Waals surface area contributed by atoms with Gasteiger partial charge in [0.05, 0.1) is 24.1 Å². The Morgan fingerprint density at radius 1 is 1.25 bits per heavy atom. The Labute approximate surface area is 145 Å². The Hall–Kier alpha value is -1.21. The molecular formula is C18H28O5S. The molecule has 0 aliphatic rings. The summed E-state index contributed by atoms with van der Waals surface area (Å²) in [7, 11) is -3.53. The third kappa shape index (κ3) is 6.73. The predicted molar refractivity (Wildman–Crippen MR) is 95.0 cm³/mol. The van der Waals surface area contributed by atoms with Gasteiger partial charge in [0, 0.05) is 5.92 Å². The van der Waals surface area contributed by atoms with Crippen molar-refractivity contribution in [1.29, 1.82) is 0 Å². The van der Waals surface area contributed by atoms with Gasteiger partial charge in [0.25, 0.3) is 10.1 Å². The molecule has 3 atom stereocenters. The molecule has 5 nitrogen and oxygen atoms in total. The maximum Gasteiger partial charge on any atom is 0.264 e. The Bertz CT molecular complexity index is 631. The molecule has 1 aromatic carbocycles. The topological polar surface area (TPSA) is 83.8 Å². The summed E-state index contributed by atoms with van der Waals surface area (Å²) < 4.78 is 27.3. The van der Waals surface area contributed by atoms with Crippen molar-refractivity contribution in [3.63, 3.8) is 0 Å². The van der Waals surface area contributed by atoms with E-state index >= 15 is 0 Å². The van der Waals surface area contributed by atoms with Crippen LogP contribution in [0.5, 0.6) is 0 Å². The summed E-state index contributed by atoms with van der Waals surface area (Å²) in [6.45, 7) is 8.87. The van der Waals surface area contributed by atoms with Crippen molar-refractivity contribution in [2.75, 3.05) is 6.26 Å². The SMILES string of the molecule is C=C([C@@H](CC[C@H](C)OS(C)(=O)=O)[C@@H](O)c1ccccc1)C(C)(C)O. The van der Waals surface area contributed by atoms with Gasteiger partial charge in [-0.2, -0.15) is 8.42 Å². The first-order valence-electron chi connectivity index (χ1n) is 7.94. The largest absolute Gasteiger partial charge is 0.388 e.